The second-order valence-corrected chi connectivity index (χ2v) is 6.52. The third kappa shape index (κ3) is 6.61. The Bertz CT molecular complexity index is 649. The summed E-state index contributed by atoms with van der Waals surface area (Å²) in [5.74, 6) is 1.75. The molecule has 1 aliphatic heterocycles. The van der Waals surface area contributed by atoms with Gasteiger partial charge in [0, 0.05) is 56.6 Å². The van der Waals surface area contributed by atoms with Crippen LogP contribution in [0.4, 0.5) is 5.69 Å². The highest BCUT2D eigenvalue weighted by atomic mass is 127. The smallest absolute Gasteiger partial charge is 0.310 e. The van der Waals surface area contributed by atoms with Crippen LogP contribution in [0.1, 0.15) is 13.3 Å². The van der Waals surface area contributed by atoms with E-state index in [1.807, 2.05) is 25.1 Å². The van der Waals surface area contributed by atoms with Crippen LogP contribution in [-0.2, 0) is 9.53 Å². The van der Waals surface area contributed by atoms with Gasteiger partial charge in [0.25, 0.3) is 0 Å². The number of carbonyl (C=O) groups excluding carboxylic acids is 1. The molecule has 2 atom stereocenters. The molecule has 1 heterocycles. The summed E-state index contributed by atoms with van der Waals surface area (Å²) >= 11 is 0. The highest BCUT2D eigenvalue weighted by Crippen LogP contribution is 2.30. The number of anilines is 1. The number of ether oxygens (including phenoxy) is 3. The minimum Gasteiger partial charge on any atom is -0.497 e. The van der Waals surface area contributed by atoms with Crippen molar-refractivity contribution in [3.05, 3.63) is 18.2 Å². The number of hydrogen-bond acceptors (Lipinski definition) is 6. The predicted molar refractivity (Wildman–Crippen MR) is 121 cm³/mol. The lowest BCUT2D eigenvalue weighted by atomic mass is 10.2. The number of nitrogens with zero attached hydrogens (tertiary/aromatic N) is 2. The lowest BCUT2D eigenvalue weighted by Crippen LogP contribution is -2.46. The molecule has 0 amide bonds. The Kier molecular flexibility index (Phi) is 10.2. The predicted octanol–water partition coefficient (Wildman–Crippen LogP) is 1.87. The van der Waals surface area contributed by atoms with Gasteiger partial charge >= 0.3 is 5.97 Å². The summed E-state index contributed by atoms with van der Waals surface area (Å²) in [5.41, 5.74) is 1.07. The number of rotatable bonds is 7. The zero-order valence-electron chi connectivity index (χ0n) is 17.2. The van der Waals surface area contributed by atoms with Gasteiger partial charge in [0.2, 0.25) is 0 Å². The summed E-state index contributed by atoms with van der Waals surface area (Å²) in [6.45, 7) is 4.04. The minimum atomic E-state index is -0.239. The Morgan fingerprint density at radius 3 is 2.43 bits per heavy atom. The Labute approximate surface area is 184 Å². The Morgan fingerprint density at radius 2 is 1.89 bits per heavy atom. The summed E-state index contributed by atoms with van der Waals surface area (Å²) < 4.78 is 15.5. The van der Waals surface area contributed by atoms with Gasteiger partial charge in [0.1, 0.15) is 11.5 Å². The summed E-state index contributed by atoms with van der Waals surface area (Å²) in [6.07, 6.45) is 0.979. The highest BCUT2D eigenvalue weighted by Gasteiger charge is 2.24. The molecule has 8 nitrogen and oxygen atoms in total. The maximum absolute atomic E-state index is 11.5. The minimum absolute atomic E-state index is 0. The van der Waals surface area contributed by atoms with E-state index in [-0.39, 0.29) is 41.9 Å². The Balaban J connectivity index is 0.00000392. The maximum Gasteiger partial charge on any atom is 0.310 e. The molecular formula is C19H31IN4O4. The van der Waals surface area contributed by atoms with Gasteiger partial charge in [-0.3, -0.25) is 9.79 Å². The maximum atomic E-state index is 11.5. The number of guanidine groups is 1. The number of aliphatic imine (C=N–C) groups is 1. The van der Waals surface area contributed by atoms with Crippen molar-refractivity contribution in [1.29, 1.82) is 0 Å². The molecule has 0 bridgehead atoms. The van der Waals surface area contributed by atoms with Gasteiger partial charge in [-0.05, 0) is 6.42 Å². The molecule has 1 saturated heterocycles. The standard InChI is InChI=1S/C19H30N4O4.HI/c1-13(18(24)27-5)11-21-19(20-2)22-14-6-7-23(12-14)15-8-16(25-3)10-17(9-15)26-4;/h8-10,13-14H,6-7,11-12H2,1-5H3,(H2,20,21,22);1H. The fraction of sp³-hybridized carbons (Fsp3) is 0.579. The van der Waals surface area contributed by atoms with Crippen molar-refractivity contribution in [1.82, 2.24) is 10.6 Å². The number of nitrogens with one attached hydrogen (secondary N) is 2. The Morgan fingerprint density at radius 1 is 1.25 bits per heavy atom. The van der Waals surface area contributed by atoms with Crippen LogP contribution >= 0.6 is 24.0 Å². The summed E-state index contributed by atoms with van der Waals surface area (Å²) in [7, 11) is 6.42. The highest BCUT2D eigenvalue weighted by molar-refractivity contribution is 14.0. The van der Waals surface area contributed by atoms with E-state index in [1.54, 1.807) is 21.3 Å². The van der Waals surface area contributed by atoms with E-state index in [0.29, 0.717) is 12.5 Å². The van der Waals surface area contributed by atoms with Gasteiger partial charge in [0.15, 0.2) is 5.96 Å². The Hall–Kier alpha value is -1.91. The number of hydrogen-bond donors (Lipinski definition) is 2. The van der Waals surface area contributed by atoms with Crippen LogP contribution in [-0.4, -0.2) is 66.0 Å². The van der Waals surface area contributed by atoms with Gasteiger partial charge in [-0.1, -0.05) is 6.92 Å². The average molecular weight is 506 g/mol. The monoisotopic (exact) mass is 506 g/mol. The second-order valence-electron chi connectivity index (χ2n) is 6.52. The molecule has 9 heteroatoms. The SMILES string of the molecule is CN=C(NCC(C)C(=O)OC)NC1CCN(c2cc(OC)cc(OC)c2)C1.I. The zero-order chi connectivity index (χ0) is 19.8. The van der Waals surface area contributed by atoms with Crippen molar-refractivity contribution in [2.45, 2.75) is 19.4 Å². The lowest BCUT2D eigenvalue weighted by Gasteiger charge is -2.22. The molecule has 0 aromatic heterocycles. The van der Waals surface area contributed by atoms with Crippen molar-refractivity contribution >= 4 is 41.6 Å². The third-order valence-corrected chi connectivity index (χ3v) is 4.63. The molecular weight excluding hydrogens is 475 g/mol. The molecule has 1 aromatic rings. The molecule has 158 valence electrons. The van der Waals surface area contributed by atoms with Crippen LogP contribution < -0.4 is 25.0 Å². The van der Waals surface area contributed by atoms with Crippen molar-refractivity contribution in [2.75, 3.05) is 52.9 Å². The quantitative estimate of drug-likeness (QED) is 0.253. The number of methoxy groups -OCH3 is 3. The lowest BCUT2D eigenvalue weighted by molar-refractivity contribution is -0.144. The van der Waals surface area contributed by atoms with Crippen LogP contribution in [0.25, 0.3) is 0 Å². The van der Waals surface area contributed by atoms with E-state index in [2.05, 4.69) is 20.5 Å². The van der Waals surface area contributed by atoms with Gasteiger partial charge < -0.3 is 29.7 Å². The molecule has 2 rings (SSSR count). The molecule has 1 aromatic carbocycles. The summed E-state index contributed by atoms with van der Waals surface area (Å²) in [4.78, 5) is 18.0. The first kappa shape index (κ1) is 24.1. The van der Waals surface area contributed by atoms with Crippen LogP contribution in [0.5, 0.6) is 11.5 Å². The second kappa shape index (κ2) is 11.8. The van der Waals surface area contributed by atoms with Crippen LogP contribution in [0.3, 0.4) is 0 Å². The van der Waals surface area contributed by atoms with E-state index in [4.69, 9.17) is 14.2 Å². The summed E-state index contributed by atoms with van der Waals surface area (Å²) in [6, 6.07) is 6.14. The van der Waals surface area contributed by atoms with Crippen molar-refractivity contribution in [3.63, 3.8) is 0 Å². The van der Waals surface area contributed by atoms with Gasteiger partial charge in [0.05, 0.1) is 27.2 Å². The van der Waals surface area contributed by atoms with Crippen molar-refractivity contribution in [3.8, 4) is 11.5 Å². The fourth-order valence-corrected chi connectivity index (χ4v) is 3.01. The van der Waals surface area contributed by atoms with Crippen molar-refractivity contribution < 1.29 is 19.0 Å². The van der Waals surface area contributed by atoms with Crippen LogP contribution in [0.15, 0.2) is 23.2 Å². The largest absolute Gasteiger partial charge is 0.497 e. The fourth-order valence-electron chi connectivity index (χ4n) is 3.01. The topological polar surface area (TPSA) is 84.4 Å². The van der Waals surface area contributed by atoms with Gasteiger partial charge in [-0.2, -0.15) is 0 Å². The number of esters is 1. The first-order chi connectivity index (χ1) is 13.0. The third-order valence-electron chi connectivity index (χ3n) is 4.63. The van der Waals surface area contributed by atoms with E-state index in [0.717, 1.165) is 36.7 Å². The molecule has 1 fully saturated rings. The van der Waals surface area contributed by atoms with E-state index < -0.39 is 0 Å². The molecule has 0 saturated carbocycles. The molecule has 0 aliphatic carbocycles. The molecule has 2 unspecified atom stereocenters. The van der Waals surface area contributed by atoms with E-state index in [1.165, 1.54) is 7.11 Å². The van der Waals surface area contributed by atoms with E-state index in [9.17, 15) is 4.79 Å². The van der Waals surface area contributed by atoms with Gasteiger partial charge in [-0.15, -0.1) is 24.0 Å². The molecule has 0 radical (unpaired) electrons. The normalized spacial score (nSPS) is 17.4. The first-order valence-electron chi connectivity index (χ1n) is 9.03. The van der Waals surface area contributed by atoms with Crippen LogP contribution in [0, 0.1) is 5.92 Å². The molecule has 1 aliphatic rings. The van der Waals surface area contributed by atoms with Crippen LogP contribution in [0.2, 0.25) is 0 Å². The number of benzene rings is 1. The van der Waals surface area contributed by atoms with Crippen molar-refractivity contribution in [2.24, 2.45) is 10.9 Å². The summed E-state index contributed by atoms with van der Waals surface area (Å²) in [5, 5.41) is 6.60. The number of carbonyl (C=O) groups is 1. The van der Waals surface area contributed by atoms with E-state index >= 15 is 0 Å². The number of halogens is 1. The van der Waals surface area contributed by atoms with Gasteiger partial charge in [-0.25, -0.2) is 0 Å². The first-order valence-corrected chi connectivity index (χ1v) is 9.03. The molecule has 0 spiro atoms. The molecule has 28 heavy (non-hydrogen) atoms. The molecule has 2 N–H and O–H groups in total. The zero-order valence-corrected chi connectivity index (χ0v) is 19.5. The average Bonchev–Trinajstić information content (AvgIpc) is 3.18.